The third-order valence-electron chi connectivity index (χ3n) is 5.59. The van der Waals surface area contributed by atoms with Crippen LogP contribution in [0, 0.1) is 0 Å². The van der Waals surface area contributed by atoms with Crippen molar-refractivity contribution in [1.29, 1.82) is 0 Å². The highest BCUT2D eigenvalue weighted by Crippen LogP contribution is 2.22. The Kier molecular flexibility index (Phi) is 6.21. The molecule has 1 N–H and O–H groups in total. The van der Waals surface area contributed by atoms with Crippen LogP contribution in [0.15, 0.2) is 57.5 Å². The van der Waals surface area contributed by atoms with E-state index in [0.717, 1.165) is 6.54 Å². The van der Waals surface area contributed by atoms with E-state index in [1.165, 1.54) is 34.8 Å². The van der Waals surface area contributed by atoms with Gasteiger partial charge < -0.3 is 15.1 Å². The van der Waals surface area contributed by atoms with Crippen molar-refractivity contribution in [3.8, 4) is 0 Å². The molecule has 172 valence electrons. The van der Waals surface area contributed by atoms with Crippen LogP contribution in [-0.2, 0) is 24.8 Å². The lowest BCUT2D eigenvalue weighted by atomic mass is 10.1. The van der Waals surface area contributed by atoms with Crippen LogP contribution < -0.4 is 5.32 Å². The van der Waals surface area contributed by atoms with Gasteiger partial charge >= 0.3 is 0 Å². The average molecular weight is 480 g/mol. The number of benzene rings is 1. The third kappa shape index (κ3) is 4.77. The van der Waals surface area contributed by atoms with Gasteiger partial charge in [-0.25, -0.2) is 16.8 Å². The smallest absolute Gasteiger partial charge is 0.257 e. The molecule has 3 heterocycles. The molecular weight excluding hydrogens is 454 g/mol. The van der Waals surface area contributed by atoms with Gasteiger partial charge in [0.05, 0.1) is 16.2 Å². The Bertz CT molecular complexity index is 1210. The fourth-order valence-corrected chi connectivity index (χ4v) is 6.15. The number of carbonyl (C=O) groups excluding carboxylic acids is 1. The number of rotatable bonds is 5. The number of sulfonamides is 2. The van der Waals surface area contributed by atoms with E-state index in [9.17, 15) is 21.6 Å². The van der Waals surface area contributed by atoms with Crippen molar-refractivity contribution >= 4 is 37.5 Å². The van der Waals surface area contributed by atoms with Gasteiger partial charge in [0.1, 0.15) is 5.84 Å². The lowest BCUT2D eigenvalue weighted by Crippen LogP contribution is -2.48. The van der Waals surface area contributed by atoms with Crippen LogP contribution in [0.4, 0.5) is 5.69 Å². The predicted octanol–water partition coefficient (Wildman–Crippen LogP) is 0.449. The first-order valence-electron chi connectivity index (χ1n) is 10.3. The number of hydrogen-bond acceptors (Lipinski definition) is 7. The maximum atomic E-state index is 13.0. The topological polar surface area (TPSA) is 119 Å². The number of carbonyl (C=O) groups is 1. The Morgan fingerprint density at radius 2 is 1.88 bits per heavy atom. The van der Waals surface area contributed by atoms with E-state index in [1.54, 1.807) is 17.0 Å². The van der Waals surface area contributed by atoms with Gasteiger partial charge in [-0.3, -0.25) is 4.79 Å². The Balaban J connectivity index is 1.47. The van der Waals surface area contributed by atoms with E-state index in [0.29, 0.717) is 37.4 Å². The predicted molar refractivity (Wildman–Crippen MR) is 121 cm³/mol. The molecule has 1 aromatic rings. The standard InChI is InChI=1S/C20H25N5O5S2/c1-2-23-8-10-25(11-9-23)32(29,30)18-5-3-4-17(14-18)21-20(26)16-6-7-19-22-31(27,28)13-12-24(19)15-16/h3-7,14-15H,2,8-13H2,1H3,(H,21,26). The molecule has 0 atom stereocenters. The zero-order valence-electron chi connectivity index (χ0n) is 17.6. The van der Waals surface area contributed by atoms with Gasteiger partial charge in [0.15, 0.2) is 0 Å². The minimum absolute atomic E-state index is 0.123. The SMILES string of the molecule is CCN1CCN(S(=O)(=O)c2cccc(NC(=O)C3=CN4CCS(=O)(=O)N=C4C=C3)c2)CC1. The first-order chi connectivity index (χ1) is 15.2. The van der Waals surface area contributed by atoms with Crippen LogP contribution in [0.2, 0.25) is 0 Å². The lowest BCUT2D eigenvalue weighted by Gasteiger charge is -2.33. The third-order valence-corrected chi connectivity index (χ3v) is 8.65. The van der Waals surface area contributed by atoms with E-state index >= 15 is 0 Å². The van der Waals surface area contributed by atoms with Crippen molar-refractivity contribution in [2.45, 2.75) is 11.8 Å². The molecule has 0 unspecified atom stereocenters. The monoisotopic (exact) mass is 479 g/mol. The molecule has 0 spiro atoms. The number of fused-ring (bicyclic) bond motifs is 1. The summed E-state index contributed by atoms with van der Waals surface area (Å²) in [4.78, 5) is 16.6. The van der Waals surface area contributed by atoms with Crippen molar-refractivity contribution < 1.29 is 21.6 Å². The summed E-state index contributed by atoms with van der Waals surface area (Å²) in [6.07, 6.45) is 4.50. The molecule has 3 aliphatic rings. The second kappa shape index (κ2) is 8.77. The second-order valence-corrected chi connectivity index (χ2v) is 11.4. The minimum atomic E-state index is -3.66. The molecule has 4 rings (SSSR count). The van der Waals surface area contributed by atoms with Gasteiger partial charge in [-0.05, 0) is 36.9 Å². The highest BCUT2D eigenvalue weighted by Gasteiger charge is 2.29. The largest absolute Gasteiger partial charge is 0.330 e. The zero-order chi connectivity index (χ0) is 22.9. The molecule has 1 amide bonds. The molecule has 0 bridgehead atoms. The fourth-order valence-electron chi connectivity index (χ4n) is 3.71. The molecule has 32 heavy (non-hydrogen) atoms. The summed E-state index contributed by atoms with van der Waals surface area (Å²) in [5, 5.41) is 2.72. The molecule has 10 nitrogen and oxygen atoms in total. The van der Waals surface area contributed by atoms with Crippen molar-refractivity contribution in [2.24, 2.45) is 4.40 Å². The fraction of sp³-hybridized carbons (Fsp3) is 0.400. The number of nitrogens with zero attached hydrogens (tertiary/aromatic N) is 4. The lowest BCUT2D eigenvalue weighted by molar-refractivity contribution is -0.112. The summed E-state index contributed by atoms with van der Waals surface area (Å²) in [6, 6.07) is 6.19. The molecule has 1 aromatic carbocycles. The number of anilines is 1. The summed E-state index contributed by atoms with van der Waals surface area (Å²) in [5.74, 6) is -0.286. The van der Waals surface area contributed by atoms with E-state index in [-0.39, 0.29) is 23.0 Å². The van der Waals surface area contributed by atoms with Crippen LogP contribution in [0.25, 0.3) is 0 Å². The Morgan fingerprint density at radius 1 is 1.12 bits per heavy atom. The number of amides is 1. The summed E-state index contributed by atoms with van der Waals surface area (Å²) in [6.45, 7) is 5.39. The van der Waals surface area contributed by atoms with E-state index in [2.05, 4.69) is 14.6 Å². The molecule has 1 saturated heterocycles. The Hall–Kier alpha value is -2.54. The highest BCUT2D eigenvalue weighted by molar-refractivity contribution is 7.90. The molecule has 0 aliphatic carbocycles. The number of likely N-dealkylation sites (N-methyl/N-ethyl adjacent to an activating group) is 1. The van der Waals surface area contributed by atoms with Gasteiger partial charge in [0, 0.05) is 44.6 Å². The van der Waals surface area contributed by atoms with Crippen LogP contribution in [0.3, 0.4) is 0 Å². The van der Waals surface area contributed by atoms with Gasteiger partial charge in [-0.15, -0.1) is 4.40 Å². The number of nitrogens with one attached hydrogen (secondary N) is 1. The van der Waals surface area contributed by atoms with Crippen LogP contribution in [-0.4, -0.2) is 87.7 Å². The molecule has 0 aromatic heterocycles. The first-order valence-corrected chi connectivity index (χ1v) is 13.4. The first kappa shape index (κ1) is 22.6. The van der Waals surface area contributed by atoms with E-state index in [4.69, 9.17) is 0 Å². The molecular formula is C20H25N5O5S2. The zero-order valence-corrected chi connectivity index (χ0v) is 19.3. The summed E-state index contributed by atoms with van der Waals surface area (Å²) < 4.78 is 54.5. The molecule has 1 fully saturated rings. The van der Waals surface area contributed by atoms with Gasteiger partial charge in [0.25, 0.3) is 15.9 Å². The summed E-state index contributed by atoms with van der Waals surface area (Å²) in [7, 11) is -7.13. The maximum absolute atomic E-state index is 13.0. The number of hydrogen-bond donors (Lipinski definition) is 1. The van der Waals surface area contributed by atoms with E-state index in [1.807, 2.05) is 6.92 Å². The normalized spacial score (nSPS) is 21.5. The van der Waals surface area contributed by atoms with Crippen LogP contribution >= 0.6 is 0 Å². The highest BCUT2D eigenvalue weighted by atomic mass is 32.2. The van der Waals surface area contributed by atoms with Crippen molar-refractivity contribution in [2.75, 3.05) is 50.3 Å². The van der Waals surface area contributed by atoms with Crippen LogP contribution in [0.5, 0.6) is 0 Å². The Labute approximate surface area is 188 Å². The summed E-state index contributed by atoms with van der Waals surface area (Å²) >= 11 is 0. The van der Waals surface area contributed by atoms with Crippen molar-refractivity contribution in [3.05, 3.63) is 48.2 Å². The second-order valence-electron chi connectivity index (χ2n) is 7.67. The van der Waals surface area contributed by atoms with Crippen LogP contribution in [0.1, 0.15) is 6.92 Å². The average Bonchev–Trinajstić information content (AvgIpc) is 2.78. The summed E-state index contributed by atoms with van der Waals surface area (Å²) in [5.41, 5.74) is 0.672. The maximum Gasteiger partial charge on any atom is 0.257 e. The number of amidine groups is 1. The molecule has 0 radical (unpaired) electrons. The quantitative estimate of drug-likeness (QED) is 0.651. The van der Waals surface area contributed by atoms with Gasteiger partial charge in [-0.2, -0.15) is 4.31 Å². The van der Waals surface area contributed by atoms with Gasteiger partial charge in [-0.1, -0.05) is 13.0 Å². The van der Waals surface area contributed by atoms with Gasteiger partial charge in [0.2, 0.25) is 10.0 Å². The molecule has 12 heteroatoms. The molecule has 3 aliphatic heterocycles. The van der Waals surface area contributed by atoms with Crippen molar-refractivity contribution in [1.82, 2.24) is 14.1 Å². The molecule has 0 saturated carbocycles. The minimum Gasteiger partial charge on any atom is -0.330 e. The Morgan fingerprint density at radius 3 is 2.59 bits per heavy atom. The van der Waals surface area contributed by atoms with Crippen molar-refractivity contribution in [3.63, 3.8) is 0 Å². The number of piperazine rings is 1. The van der Waals surface area contributed by atoms with E-state index < -0.39 is 26.0 Å².